The van der Waals surface area contributed by atoms with Gasteiger partial charge >= 0.3 is 0 Å². The van der Waals surface area contributed by atoms with E-state index in [0.717, 1.165) is 0 Å². The maximum atomic E-state index is 12.8. The summed E-state index contributed by atoms with van der Waals surface area (Å²) in [6, 6.07) is 5.67. The van der Waals surface area contributed by atoms with Crippen LogP contribution in [0, 0.1) is 5.82 Å². The van der Waals surface area contributed by atoms with E-state index < -0.39 is 6.10 Å². The average molecular weight is 276 g/mol. The Morgan fingerprint density at radius 1 is 1.35 bits per heavy atom. The minimum atomic E-state index is -0.467. The topological polar surface area (TPSA) is 71.2 Å². The number of likely N-dealkylation sites (tertiary alicyclic amines) is 1. The Balaban J connectivity index is 1.79. The smallest absolute Gasteiger partial charge is 0.276 e. The van der Waals surface area contributed by atoms with Crippen LogP contribution in [0.2, 0.25) is 0 Å². The summed E-state index contributed by atoms with van der Waals surface area (Å²) in [5.41, 5.74) is 0.787. The van der Waals surface area contributed by atoms with Crippen LogP contribution in [0.4, 0.5) is 4.39 Å². The minimum Gasteiger partial charge on any atom is -0.391 e. The van der Waals surface area contributed by atoms with E-state index in [1.165, 1.54) is 35.3 Å². The zero-order valence-corrected chi connectivity index (χ0v) is 10.6. The molecule has 3 rings (SSSR count). The molecule has 1 saturated heterocycles. The summed E-state index contributed by atoms with van der Waals surface area (Å²) in [6.07, 6.45) is 1.49. The summed E-state index contributed by atoms with van der Waals surface area (Å²) >= 11 is 0. The van der Waals surface area contributed by atoms with Gasteiger partial charge in [-0.05, 0) is 30.7 Å². The lowest BCUT2D eigenvalue weighted by Crippen LogP contribution is -2.29. The molecule has 1 amide bonds. The number of nitrogens with zero attached hydrogens (tertiary/aromatic N) is 4. The van der Waals surface area contributed by atoms with Crippen LogP contribution in [0.25, 0.3) is 5.69 Å². The van der Waals surface area contributed by atoms with Crippen LogP contribution in [0.5, 0.6) is 0 Å². The Bertz CT molecular complexity index is 626. The molecule has 0 aliphatic carbocycles. The van der Waals surface area contributed by atoms with E-state index in [0.29, 0.717) is 25.2 Å². The highest BCUT2D eigenvalue weighted by molar-refractivity contribution is 5.92. The molecule has 0 radical (unpaired) electrons. The maximum absolute atomic E-state index is 12.8. The number of carbonyl (C=O) groups is 1. The van der Waals surface area contributed by atoms with Gasteiger partial charge in [-0.2, -0.15) is 9.90 Å². The number of hydrogen-bond donors (Lipinski definition) is 1. The van der Waals surface area contributed by atoms with Crippen molar-refractivity contribution in [3.05, 3.63) is 42.0 Å². The zero-order valence-electron chi connectivity index (χ0n) is 10.6. The van der Waals surface area contributed by atoms with Gasteiger partial charge in [0, 0.05) is 13.1 Å². The Labute approximate surface area is 114 Å². The molecule has 20 heavy (non-hydrogen) atoms. The van der Waals surface area contributed by atoms with Crippen LogP contribution in [0.15, 0.2) is 30.5 Å². The first-order valence-electron chi connectivity index (χ1n) is 6.29. The fourth-order valence-corrected chi connectivity index (χ4v) is 2.15. The third-order valence-corrected chi connectivity index (χ3v) is 3.22. The van der Waals surface area contributed by atoms with Gasteiger partial charge in [0.25, 0.3) is 5.91 Å². The van der Waals surface area contributed by atoms with Crippen molar-refractivity contribution < 1.29 is 14.3 Å². The molecule has 104 valence electrons. The Kier molecular flexibility index (Phi) is 3.19. The van der Waals surface area contributed by atoms with Crippen molar-refractivity contribution in [2.24, 2.45) is 0 Å². The van der Waals surface area contributed by atoms with Gasteiger partial charge in [-0.1, -0.05) is 0 Å². The molecule has 1 aromatic carbocycles. The van der Waals surface area contributed by atoms with E-state index in [2.05, 4.69) is 10.2 Å². The van der Waals surface area contributed by atoms with Gasteiger partial charge in [0.05, 0.1) is 18.0 Å². The molecule has 1 atom stereocenters. The molecule has 6 nitrogen and oxygen atoms in total. The third-order valence-electron chi connectivity index (χ3n) is 3.22. The van der Waals surface area contributed by atoms with Crippen molar-refractivity contribution in [2.45, 2.75) is 12.5 Å². The SMILES string of the molecule is O=C(c1cnn(-c2ccc(F)cc2)n1)N1CC[C@@H](O)C1. The number of amides is 1. The molecule has 1 aliphatic rings. The van der Waals surface area contributed by atoms with Crippen LogP contribution in [0.1, 0.15) is 16.9 Å². The molecule has 0 bridgehead atoms. The van der Waals surface area contributed by atoms with E-state index in [-0.39, 0.29) is 17.4 Å². The monoisotopic (exact) mass is 276 g/mol. The summed E-state index contributed by atoms with van der Waals surface area (Å²) in [6.45, 7) is 0.839. The van der Waals surface area contributed by atoms with Crippen molar-refractivity contribution in [2.75, 3.05) is 13.1 Å². The molecule has 2 heterocycles. The number of benzene rings is 1. The van der Waals surface area contributed by atoms with Gasteiger partial charge in [0.15, 0.2) is 5.69 Å². The van der Waals surface area contributed by atoms with Crippen molar-refractivity contribution >= 4 is 5.91 Å². The zero-order chi connectivity index (χ0) is 14.1. The normalized spacial score (nSPS) is 18.5. The minimum absolute atomic E-state index is 0.212. The second kappa shape index (κ2) is 5.01. The molecule has 7 heteroatoms. The molecule has 1 aromatic heterocycles. The number of β-amino-alcohol motifs (C(OH)–C–C–N with tert-alkyl or cyclic N) is 1. The number of rotatable bonds is 2. The number of hydrogen-bond acceptors (Lipinski definition) is 4. The first-order chi connectivity index (χ1) is 9.63. The van der Waals surface area contributed by atoms with Crippen molar-refractivity contribution in [3.63, 3.8) is 0 Å². The molecule has 0 unspecified atom stereocenters. The van der Waals surface area contributed by atoms with Crippen molar-refractivity contribution in [3.8, 4) is 5.69 Å². The van der Waals surface area contributed by atoms with Crippen LogP contribution in [-0.2, 0) is 0 Å². The molecule has 0 saturated carbocycles. The van der Waals surface area contributed by atoms with Gasteiger partial charge in [0.2, 0.25) is 0 Å². The summed E-state index contributed by atoms with van der Waals surface area (Å²) in [7, 11) is 0. The Morgan fingerprint density at radius 3 is 2.75 bits per heavy atom. The number of halogens is 1. The third kappa shape index (κ3) is 2.39. The molecule has 1 N–H and O–H groups in total. The predicted molar refractivity (Wildman–Crippen MR) is 67.8 cm³/mol. The highest BCUT2D eigenvalue weighted by atomic mass is 19.1. The van der Waals surface area contributed by atoms with Gasteiger partial charge in [-0.25, -0.2) is 4.39 Å². The second-order valence-corrected chi connectivity index (χ2v) is 4.69. The van der Waals surface area contributed by atoms with E-state index in [1.807, 2.05) is 0 Å². The summed E-state index contributed by atoms with van der Waals surface area (Å²) in [5.74, 6) is -0.599. The average Bonchev–Trinajstić information content (AvgIpc) is 3.08. The van der Waals surface area contributed by atoms with E-state index >= 15 is 0 Å². The number of carbonyl (C=O) groups excluding carboxylic acids is 1. The quantitative estimate of drug-likeness (QED) is 0.872. The molecule has 2 aromatic rings. The molecule has 1 aliphatic heterocycles. The van der Waals surface area contributed by atoms with Crippen LogP contribution >= 0.6 is 0 Å². The van der Waals surface area contributed by atoms with Gasteiger partial charge in [0.1, 0.15) is 5.82 Å². The Hall–Kier alpha value is -2.28. The predicted octanol–water partition coefficient (Wildman–Crippen LogP) is 0.613. The number of aromatic nitrogens is 3. The van der Waals surface area contributed by atoms with Gasteiger partial charge < -0.3 is 10.0 Å². The Morgan fingerprint density at radius 2 is 2.10 bits per heavy atom. The fraction of sp³-hybridized carbons (Fsp3) is 0.308. The molecular formula is C13H13FN4O2. The van der Waals surface area contributed by atoms with E-state index in [4.69, 9.17) is 0 Å². The molecule has 0 spiro atoms. The fourth-order valence-electron chi connectivity index (χ4n) is 2.15. The molecule has 1 fully saturated rings. The van der Waals surface area contributed by atoms with Gasteiger partial charge in [-0.3, -0.25) is 4.79 Å². The van der Waals surface area contributed by atoms with Crippen LogP contribution < -0.4 is 0 Å². The van der Waals surface area contributed by atoms with E-state index in [9.17, 15) is 14.3 Å². The first kappa shape index (κ1) is 12.7. The van der Waals surface area contributed by atoms with E-state index in [1.54, 1.807) is 4.90 Å². The highest BCUT2D eigenvalue weighted by Crippen LogP contribution is 2.13. The second-order valence-electron chi connectivity index (χ2n) is 4.69. The van der Waals surface area contributed by atoms with Crippen molar-refractivity contribution in [1.29, 1.82) is 0 Å². The van der Waals surface area contributed by atoms with Crippen LogP contribution in [0.3, 0.4) is 0 Å². The summed E-state index contributed by atoms with van der Waals surface area (Å²) < 4.78 is 12.8. The first-order valence-corrected chi connectivity index (χ1v) is 6.29. The molecular weight excluding hydrogens is 263 g/mol. The van der Waals surface area contributed by atoms with Gasteiger partial charge in [-0.15, -0.1) is 5.10 Å². The summed E-state index contributed by atoms with van der Waals surface area (Å²) in [5, 5.41) is 17.5. The van der Waals surface area contributed by atoms with Crippen LogP contribution in [-0.4, -0.2) is 50.1 Å². The largest absolute Gasteiger partial charge is 0.391 e. The van der Waals surface area contributed by atoms with Crippen molar-refractivity contribution in [1.82, 2.24) is 19.9 Å². The lowest BCUT2D eigenvalue weighted by molar-refractivity contribution is 0.0758. The highest BCUT2D eigenvalue weighted by Gasteiger charge is 2.27. The lowest BCUT2D eigenvalue weighted by Gasteiger charge is -2.12. The number of aliphatic hydroxyl groups is 1. The maximum Gasteiger partial charge on any atom is 0.276 e. The number of aliphatic hydroxyl groups excluding tert-OH is 1. The summed E-state index contributed by atoms with van der Waals surface area (Å²) in [4.78, 5) is 15.0. The standard InChI is InChI=1S/C13H13FN4O2/c14-9-1-3-10(4-2-9)18-15-7-12(16-18)13(20)17-6-5-11(19)8-17/h1-4,7,11,19H,5-6,8H2/t11-/m1/s1. The lowest BCUT2D eigenvalue weighted by atomic mass is 10.3.